The Morgan fingerprint density at radius 2 is 1.13 bits per heavy atom. The fourth-order valence-electron chi connectivity index (χ4n) is 3.20. The van der Waals surface area contributed by atoms with Gasteiger partial charge in [-0.25, -0.2) is 0 Å². The lowest BCUT2D eigenvalue weighted by molar-refractivity contribution is -0.168. The highest BCUT2D eigenvalue weighted by Crippen LogP contribution is 2.34. The van der Waals surface area contributed by atoms with Crippen LogP contribution < -0.4 is 0 Å². The molecule has 0 fully saturated rings. The number of terminal acetylenes is 2. The predicted molar refractivity (Wildman–Crippen MR) is 122 cm³/mol. The van der Waals surface area contributed by atoms with E-state index < -0.39 is 17.4 Å². The number of hydrogen-bond donors (Lipinski definition) is 0. The number of esters is 2. The topological polar surface area (TPSA) is 52.6 Å². The number of hydrogen-bond acceptors (Lipinski definition) is 4. The summed E-state index contributed by atoms with van der Waals surface area (Å²) in [5.74, 6) is 3.79. The van der Waals surface area contributed by atoms with E-state index in [1.54, 1.807) is 12.2 Å². The Morgan fingerprint density at radius 3 is 1.42 bits per heavy atom. The molecule has 0 bridgehead atoms. The summed E-state index contributed by atoms with van der Waals surface area (Å²) in [5.41, 5.74) is 1.09. The van der Waals surface area contributed by atoms with Gasteiger partial charge in [0.05, 0.1) is 14.2 Å². The largest absolute Gasteiger partial charge is 0.468 e. The van der Waals surface area contributed by atoms with Gasteiger partial charge < -0.3 is 9.47 Å². The fraction of sp³-hybridized carbons (Fsp3) is 0.185. The minimum Gasteiger partial charge on any atom is -0.468 e. The molecule has 0 aliphatic rings. The molecule has 2 aromatic rings. The van der Waals surface area contributed by atoms with Crippen molar-refractivity contribution < 1.29 is 19.1 Å². The van der Waals surface area contributed by atoms with Crippen LogP contribution >= 0.6 is 0 Å². The van der Waals surface area contributed by atoms with E-state index >= 15 is 0 Å². The normalized spacial score (nSPS) is 11.7. The molecule has 0 N–H and O–H groups in total. The molecule has 0 atom stereocenters. The minimum atomic E-state index is -1.63. The monoisotopic (exact) mass is 412 g/mol. The van der Waals surface area contributed by atoms with E-state index in [9.17, 15) is 9.59 Å². The van der Waals surface area contributed by atoms with Crippen LogP contribution in [-0.2, 0) is 19.1 Å². The predicted octanol–water partition coefficient (Wildman–Crippen LogP) is 4.53. The highest BCUT2D eigenvalue weighted by Gasteiger charge is 2.47. The Kier molecular flexibility index (Phi) is 8.43. The molecule has 0 spiro atoms. The molecule has 0 aliphatic carbocycles. The third kappa shape index (κ3) is 5.53. The number of ether oxygens (including phenoxy) is 2. The fourth-order valence-corrected chi connectivity index (χ4v) is 3.20. The second-order valence-corrected chi connectivity index (χ2v) is 6.73. The van der Waals surface area contributed by atoms with E-state index in [4.69, 9.17) is 22.3 Å². The quantitative estimate of drug-likeness (QED) is 0.363. The van der Waals surface area contributed by atoms with Crippen LogP contribution in [0.1, 0.15) is 24.0 Å². The minimum absolute atomic E-state index is 0.0100. The van der Waals surface area contributed by atoms with Gasteiger partial charge in [0.1, 0.15) is 0 Å². The molecule has 0 heterocycles. The van der Waals surface area contributed by atoms with E-state index in [1.807, 2.05) is 60.7 Å². The lowest BCUT2D eigenvalue weighted by Gasteiger charge is -2.26. The van der Waals surface area contributed by atoms with Crippen molar-refractivity contribution in [3.05, 3.63) is 83.9 Å². The van der Waals surface area contributed by atoms with E-state index in [2.05, 4.69) is 11.8 Å². The van der Waals surface area contributed by atoms with Crippen LogP contribution in [0.25, 0.3) is 11.1 Å². The van der Waals surface area contributed by atoms with Crippen molar-refractivity contribution in [1.29, 1.82) is 0 Å². The molecule has 156 valence electrons. The van der Waals surface area contributed by atoms with E-state index in [0.717, 1.165) is 11.1 Å². The number of allylic oxidation sites excluding steroid dienone is 4. The summed E-state index contributed by atoms with van der Waals surface area (Å²) in [6.07, 6.45) is 14.7. The Balaban J connectivity index is 2.51. The number of methoxy groups -OCH3 is 2. The number of rotatable bonds is 8. The van der Waals surface area contributed by atoms with E-state index in [1.165, 1.54) is 14.2 Å². The van der Waals surface area contributed by atoms with Crippen LogP contribution in [0.5, 0.6) is 0 Å². The zero-order valence-corrected chi connectivity index (χ0v) is 17.6. The summed E-state index contributed by atoms with van der Waals surface area (Å²) < 4.78 is 9.96. The molecular formula is C27H24O4. The van der Waals surface area contributed by atoms with Gasteiger partial charge in [-0.3, -0.25) is 9.59 Å². The molecule has 0 radical (unpaired) electrons. The summed E-state index contributed by atoms with van der Waals surface area (Å²) >= 11 is 0. The Labute approximate surface area is 183 Å². The summed E-state index contributed by atoms with van der Waals surface area (Å²) in [6.45, 7) is 0. The van der Waals surface area contributed by atoms with Gasteiger partial charge in [0.25, 0.3) is 0 Å². The lowest BCUT2D eigenvalue weighted by atomic mass is 9.79. The molecule has 0 aliphatic heterocycles. The molecule has 31 heavy (non-hydrogen) atoms. The van der Waals surface area contributed by atoms with Gasteiger partial charge in [-0.15, -0.1) is 12.8 Å². The van der Waals surface area contributed by atoms with Gasteiger partial charge in [0.2, 0.25) is 0 Å². The molecule has 4 nitrogen and oxygen atoms in total. The van der Waals surface area contributed by atoms with E-state index in [-0.39, 0.29) is 12.8 Å². The SMILES string of the molecule is C#C/C(=C\CC(C/C=C(\C#C)c1ccccc1)(C(=O)OC)C(=O)OC)c1ccccc1. The highest BCUT2D eigenvalue weighted by molar-refractivity contribution is 6.01. The Bertz CT molecular complexity index is 960. The van der Waals surface area contributed by atoms with Crippen molar-refractivity contribution in [3.63, 3.8) is 0 Å². The van der Waals surface area contributed by atoms with Gasteiger partial charge in [-0.1, -0.05) is 84.7 Å². The van der Waals surface area contributed by atoms with Crippen LogP contribution in [-0.4, -0.2) is 26.2 Å². The number of carbonyl (C=O) groups excluding carboxylic acids is 2. The van der Waals surface area contributed by atoms with Crippen LogP contribution in [0.2, 0.25) is 0 Å². The van der Waals surface area contributed by atoms with Crippen molar-refractivity contribution in [1.82, 2.24) is 0 Å². The van der Waals surface area contributed by atoms with Gasteiger partial charge in [0.15, 0.2) is 5.41 Å². The average Bonchev–Trinajstić information content (AvgIpc) is 2.83. The van der Waals surface area contributed by atoms with Crippen molar-refractivity contribution in [3.8, 4) is 24.7 Å². The maximum absolute atomic E-state index is 12.8. The van der Waals surface area contributed by atoms with Crippen molar-refractivity contribution in [2.45, 2.75) is 12.8 Å². The zero-order valence-electron chi connectivity index (χ0n) is 17.6. The third-order valence-electron chi connectivity index (χ3n) is 4.94. The summed E-state index contributed by atoms with van der Waals surface area (Å²) in [5, 5.41) is 0. The molecule has 0 aromatic heterocycles. The van der Waals surface area contributed by atoms with Crippen LogP contribution in [0.3, 0.4) is 0 Å². The first-order chi connectivity index (χ1) is 15.0. The van der Waals surface area contributed by atoms with Gasteiger partial charge in [-0.05, 0) is 24.0 Å². The van der Waals surface area contributed by atoms with Crippen molar-refractivity contribution >= 4 is 23.1 Å². The van der Waals surface area contributed by atoms with Gasteiger partial charge in [-0.2, -0.15) is 0 Å². The first kappa shape index (κ1) is 23.3. The van der Waals surface area contributed by atoms with Crippen LogP contribution in [0.15, 0.2) is 72.8 Å². The molecule has 0 saturated heterocycles. The molecule has 0 unspecified atom stereocenters. The third-order valence-corrected chi connectivity index (χ3v) is 4.94. The summed E-state index contributed by atoms with van der Waals surface area (Å²) in [6, 6.07) is 18.6. The molecule has 2 aromatic carbocycles. The maximum atomic E-state index is 12.8. The molecule has 2 rings (SSSR count). The number of carbonyl (C=O) groups is 2. The Morgan fingerprint density at radius 1 is 0.774 bits per heavy atom. The van der Waals surface area contributed by atoms with Crippen LogP contribution in [0, 0.1) is 30.1 Å². The number of benzene rings is 2. The summed E-state index contributed by atoms with van der Waals surface area (Å²) in [4.78, 5) is 25.6. The molecular weight excluding hydrogens is 388 g/mol. The van der Waals surface area contributed by atoms with Crippen molar-refractivity contribution in [2.24, 2.45) is 5.41 Å². The van der Waals surface area contributed by atoms with Gasteiger partial charge >= 0.3 is 11.9 Å². The molecule has 0 amide bonds. The lowest BCUT2D eigenvalue weighted by Crippen LogP contribution is -2.40. The molecule has 4 heteroatoms. The average molecular weight is 412 g/mol. The van der Waals surface area contributed by atoms with Crippen molar-refractivity contribution in [2.75, 3.05) is 14.2 Å². The molecule has 0 saturated carbocycles. The standard InChI is InChI=1S/C27H24O4/c1-5-21(23-13-9-7-10-14-23)17-19-27(25(28)30-3,26(29)31-4)20-18-22(6-2)24-15-11-8-12-16-24/h1-2,7-18H,19-20H2,3-4H3/b21-17+,22-18+. The highest BCUT2D eigenvalue weighted by atomic mass is 16.5. The zero-order chi connectivity index (χ0) is 22.7. The maximum Gasteiger partial charge on any atom is 0.323 e. The Hall–Kier alpha value is -4.02. The second kappa shape index (κ2) is 11.2. The van der Waals surface area contributed by atoms with Gasteiger partial charge in [0, 0.05) is 11.1 Å². The first-order valence-corrected chi connectivity index (χ1v) is 9.63. The second-order valence-electron chi connectivity index (χ2n) is 6.73. The van der Waals surface area contributed by atoms with E-state index in [0.29, 0.717) is 11.1 Å². The smallest absolute Gasteiger partial charge is 0.323 e. The first-order valence-electron chi connectivity index (χ1n) is 9.63. The summed E-state index contributed by atoms with van der Waals surface area (Å²) in [7, 11) is 2.46. The van der Waals surface area contributed by atoms with Crippen LogP contribution in [0.4, 0.5) is 0 Å².